The van der Waals surface area contributed by atoms with Crippen molar-refractivity contribution >= 4 is 6.09 Å². The normalized spacial score (nSPS) is 30.9. The molecule has 0 saturated heterocycles. The van der Waals surface area contributed by atoms with Crippen LogP contribution in [0.4, 0.5) is 9.18 Å². The third-order valence-electron chi connectivity index (χ3n) is 2.54. The molecule has 0 radical (unpaired) electrons. The summed E-state index contributed by atoms with van der Waals surface area (Å²) < 4.78 is 18.1. The molecule has 1 amide bonds. The third kappa shape index (κ3) is 4.35. The molecule has 0 aliphatic heterocycles. The largest absolute Gasteiger partial charge is 0.444 e. The lowest BCUT2D eigenvalue weighted by molar-refractivity contribution is 0.0472. The Hall–Kier alpha value is -0.840. The zero-order chi connectivity index (χ0) is 12.3. The van der Waals surface area contributed by atoms with Crippen LogP contribution in [0.2, 0.25) is 0 Å². The summed E-state index contributed by atoms with van der Waals surface area (Å²) in [6, 6.07) is -0.502. The average molecular weight is 232 g/mol. The number of halogens is 1. The molecule has 0 heterocycles. The fourth-order valence-corrected chi connectivity index (χ4v) is 1.79. The minimum Gasteiger partial charge on any atom is -0.444 e. The Morgan fingerprint density at radius 1 is 1.44 bits per heavy atom. The Morgan fingerprint density at radius 2 is 2.06 bits per heavy atom. The molecule has 5 heteroatoms. The maximum atomic E-state index is 13.0. The van der Waals surface area contributed by atoms with Crippen molar-refractivity contribution in [2.45, 2.75) is 63.9 Å². The number of ether oxygens (including phenoxy) is 1. The third-order valence-corrected chi connectivity index (χ3v) is 2.54. The van der Waals surface area contributed by atoms with E-state index in [2.05, 4.69) is 5.32 Å². The highest BCUT2D eigenvalue weighted by atomic mass is 19.1. The number of hydrogen-bond donors (Lipinski definition) is 2. The summed E-state index contributed by atoms with van der Waals surface area (Å²) in [5.41, 5.74) is 5.25. The molecule has 1 rings (SSSR count). The van der Waals surface area contributed by atoms with Gasteiger partial charge in [0.15, 0.2) is 0 Å². The molecule has 0 aromatic heterocycles. The first-order valence-corrected chi connectivity index (χ1v) is 5.67. The molecular formula is C11H21FN2O2. The van der Waals surface area contributed by atoms with Crippen molar-refractivity contribution in [2.75, 3.05) is 0 Å². The molecule has 1 aliphatic rings. The van der Waals surface area contributed by atoms with Crippen LogP contribution in [0.5, 0.6) is 0 Å². The Balaban J connectivity index is 2.39. The fourth-order valence-electron chi connectivity index (χ4n) is 1.79. The molecule has 3 atom stereocenters. The van der Waals surface area contributed by atoms with Gasteiger partial charge < -0.3 is 15.8 Å². The highest BCUT2D eigenvalue weighted by Crippen LogP contribution is 2.20. The van der Waals surface area contributed by atoms with Crippen molar-refractivity contribution in [3.8, 4) is 0 Å². The molecule has 4 nitrogen and oxygen atoms in total. The predicted molar refractivity (Wildman–Crippen MR) is 59.9 cm³/mol. The van der Waals surface area contributed by atoms with Gasteiger partial charge in [0.25, 0.3) is 0 Å². The smallest absolute Gasteiger partial charge is 0.407 e. The molecule has 0 aromatic rings. The first-order chi connectivity index (χ1) is 7.28. The standard InChI is InChI=1S/C11H21FN2O2/c1-11(2,3)16-10(15)14-9-5-4-7(12)6-8(9)13/h7-9H,4-6,13H2,1-3H3,(H,14,15)/t7-,8+,9-/m1/s1. The number of rotatable bonds is 1. The number of amides is 1. The van der Waals surface area contributed by atoms with Gasteiger partial charge >= 0.3 is 6.09 Å². The van der Waals surface area contributed by atoms with Crippen LogP contribution in [0.15, 0.2) is 0 Å². The van der Waals surface area contributed by atoms with Crippen molar-refractivity contribution < 1.29 is 13.9 Å². The van der Waals surface area contributed by atoms with Gasteiger partial charge in [-0.1, -0.05) is 0 Å². The second kappa shape index (κ2) is 4.99. The van der Waals surface area contributed by atoms with Crippen molar-refractivity contribution in [3.63, 3.8) is 0 Å². The number of carbonyl (C=O) groups is 1. The zero-order valence-corrected chi connectivity index (χ0v) is 10.1. The van der Waals surface area contributed by atoms with Gasteiger partial charge in [0.05, 0.1) is 0 Å². The Labute approximate surface area is 95.7 Å². The molecule has 1 saturated carbocycles. The van der Waals surface area contributed by atoms with E-state index in [-0.39, 0.29) is 12.1 Å². The lowest BCUT2D eigenvalue weighted by atomic mass is 9.90. The second-order valence-electron chi connectivity index (χ2n) is 5.33. The summed E-state index contributed by atoms with van der Waals surface area (Å²) in [5.74, 6) is 0. The van der Waals surface area contributed by atoms with E-state index in [1.165, 1.54) is 0 Å². The van der Waals surface area contributed by atoms with E-state index in [1.54, 1.807) is 20.8 Å². The van der Waals surface area contributed by atoms with Gasteiger partial charge in [-0.15, -0.1) is 0 Å². The maximum Gasteiger partial charge on any atom is 0.407 e. The molecule has 3 N–H and O–H groups in total. The fraction of sp³-hybridized carbons (Fsp3) is 0.909. The zero-order valence-electron chi connectivity index (χ0n) is 10.1. The van der Waals surface area contributed by atoms with Gasteiger partial charge in [-0.25, -0.2) is 9.18 Å². The van der Waals surface area contributed by atoms with Crippen LogP contribution >= 0.6 is 0 Å². The topological polar surface area (TPSA) is 64.3 Å². The maximum absolute atomic E-state index is 13.0. The van der Waals surface area contributed by atoms with Crippen LogP contribution in [0.1, 0.15) is 40.0 Å². The van der Waals surface area contributed by atoms with Crippen LogP contribution < -0.4 is 11.1 Å². The Morgan fingerprint density at radius 3 is 2.56 bits per heavy atom. The minimum atomic E-state index is -0.841. The van der Waals surface area contributed by atoms with E-state index in [1.807, 2.05) is 0 Å². The van der Waals surface area contributed by atoms with Gasteiger partial charge in [0.2, 0.25) is 0 Å². The first-order valence-electron chi connectivity index (χ1n) is 5.67. The molecule has 0 spiro atoms. The van der Waals surface area contributed by atoms with Crippen molar-refractivity contribution in [3.05, 3.63) is 0 Å². The van der Waals surface area contributed by atoms with E-state index in [0.29, 0.717) is 19.3 Å². The second-order valence-corrected chi connectivity index (χ2v) is 5.33. The monoisotopic (exact) mass is 232 g/mol. The van der Waals surface area contributed by atoms with Gasteiger partial charge in [-0.05, 0) is 40.0 Å². The lowest BCUT2D eigenvalue weighted by Crippen LogP contribution is -2.52. The number of nitrogens with one attached hydrogen (secondary N) is 1. The molecule has 0 unspecified atom stereocenters. The van der Waals surface area contributed by atoms with Crippen LogP contribution in [0.25, 0.3) is 0 Å². The Kier molecular flexibility index (Phi) is 4.13. The molecule has 0 aromatic carbocycles. The number of carbonyl (C=O) groups excluding carboxylic acids is 1. The van der Waals surface area contributed by atoms with Crippen molar-refractivity contribution in [1.29, 1.82) is 0 Å². The van der Waals surface area contributed by atoms with E-state index in [0.717, 1.165) is 0 Å². The summed E-state index contributed by atoms with van der Waals surface area (Å²) in [6.07, 6.45) is 0.00730. The van der Waals surface area contributed by atoms with E-state index in [9.17, 15) is 9.18 Å². The molecule has 1 fully saturated rings. The summed E-state index contributed by atoms with van der Waals surface area (Å²) in [6.45, 7) is 5.39. The van der Waals surface area contributed by atoms with Crippen LogP contribution in [0.3, 0.4) is 0 Å². The quantitative estimate of drug-likeness (QED) is 0.723. The van der Waals surface area contributed by atoms with Crippen LogP contribution in [-0.2, 0) is 4.74 Å². The molecular weight excluding hydrogens is 211 g/mol. The molecule has 1 aliphatic carbocycles. The summed E-state index contributed by atoms with van der Waals surface area (Å²) in [4.78, 5) is 11.5. The van der Waals surface area contributed by atoms with E-state index in [4.69, 9.17) is 10.5 Å². The van der Waals surface area contributed by atoms with Gasteiger partial charge in [-0.3, -0.25) is 0 Å². The Bertz CT molecular complexity index is 253. The number of nitrogens with two attached hydrogens (primary N) is 1. The number of hydrogen-bond acceptors (Lipinski definition) is 3. The van der Waals surface area contributed by atoms with Gasteiger partial charge in [-0.2, -0.15) is 0 Å². The van der Waals surface area contributed by atoms with E-state index >= 15 is 0 Å². The SMILES string of the molecule is CC(C)(C)OC(=O)N[C@@H]1CC[C@@H](F)C[C@@H]1N. The van der Waals surface area contributed by atoms with Crippen LogP contribution in [0, 0.1) is 0 Å². The number of alkyl halides is 1. The van der Waals surface area contributed by atoms with Crippen molar-refractivity contribution in [2.24, 2.45) is 5.73 Å². The van der Waals surface area contributed by atoms with E-state index < -0.39 is 17.9 Å². The predicted octanol–water partition coefficient (Wildman–Crippen LogP) is 1.73. The highest BCUT2D eigenvalue weighted by molar-refractivity contribution is 5.68. The summed E-state index contributed by atoms with van der Waals surface area (Å²) in [5, 5.41) is 2.69. The first kappa shape index (κ1) is 13.2. The molecule has 94 valence electrons. The number of alkyl carbamates (subject to hydrolysis) is 1. The van der Waals surface area contributed by atoms with Gasteiger partial charge in [0, 0.05) is 12.1 Å². The van der Waals surface area contributed by atoms with Crippen molar-refractivity contribution in [1.82, 2.24) is 5.32 Å². The minimum absolute atomic E-state index is 0.179. The average Bonchev–Trinajstić information content (AvgIpc) is 2.06. The highest BCUT2D eigenvalue weighted by Gasteiger charge is 2.30. The lowest BCUT2D eigenvalue weighted by Gasteiger charge is -2.32. The van der Waals surface area contributed by atoms with Crippen LogP contribution in [-0.4, -0.2) is 29.9 Å². The molecule has 0 bridgehead atoms. The summed E-state index contributed by atoms with van der Waals surface area (Å²) >= 11 is 0. The van der Waals surface area contributed by atoms with Gasteiger partial charge in [0.1, 0.15) is 11.8 Å². The summed E-state index contributed by atoms with van der Waals surface area (Å²) in [7, 11) is 0. The molecule has 16 heavy (non-hydrogen) atoms.